The van der Waals surface area contributed by atoms with E-state index in [9.17, 15) is 9.18 Å². The van der Waals surface area contributed by atoms with E-state index in [1.807, 2.05) is 18.2 Å². The summed E-state index contributed by atoms with van der Waals surface area (Å²) < 4.78 is 18.5. The number of pyridine rings is 1. The second-order valence-corrected chi connectivity index (χ2v) is 5.08. The second kappa shape index (κ2) is 8.26. The number of halogens is 1. The van der Waals surface area contributed by atoms with E-state index in [1.54, 1.807) is 24.4 Å². The van der Waals surface area contributed by atoms with E-state index in [2.05, 4.69) is 10.3 Å². The topological polar surface area (TPSA) is 51.2 Å². The van der Waals surface area contributed by atoms with Gasteiger partial charge in [-0.1, -0.05) is 30.0 Å². The summed E-state index contributed by atoms with van der Waals surface area (Å²) in [7, 11) is 0. The lowest BCUT2D eigenvalue weighted by Gasteiger charge is -2.08. The summed E-state index contributed by atoms with van der Waals surface area (Å²) in [4.78, 5) is 15.7. The minimum atomic E-state index is -0.408. The summed E-state index contributed by atoms with van der Waals surface area (Å²) in [5, 5.41) is 3.51. The van der Waals surface area contributed by atoms with Crippen LogP contribution in [0.2, 0.25) is 0 Å². The maximum atomic E-state index is 13.3. The van der Waals surface area contributed by atoms with E-state index in [0.29, 0.717) is 6.54 Å². The third-order valence-electron chi connectivity index (χ3n) is 2.51. The highest BCUT2D eigenvalue weighted by Crippen LogP contribution is 2.15. The Balaban J connectivity index is 1.62. The van der Waals surface area contributed by atoms with Crippen molar-refractivity contribution in [3.05, 3.63) is 54.5 Å². The van der Waals surface area contributed by atoms with Crippen LogP contribution in [0, 0.1) is 5.82 Å². The summed E-state index contributed by atoms with van der Waals surface area (Å²) in [6.45, 7) is 0.552. The van der Waals surface area contributed by atoms with E-state index in [1.165, 1.54) is 17.8 Å². The van der Waals surface area contributed by atoms with Crippen LogP contribution in [0.15, 0.2) is 53.7 Å². The van der Waals surface area contributed by atoms with Gasteiger partial charge in [0.2, 0.25) is 5.91 Å². The van der Waals surface area contributed by atoms with Gasteiger partial charge in [-0.15, -0.1) is 0 Å². The molecule has 4 nitrogen and oxygen atoms in total. The molecule has 0 fully saturated rings. The maximum Gasteiger partial charge on any atom is 0.230 e. The number of thioether (sulfide) groups is 1. The maximum absolute atomic E-state index is 13.3. The largest absolute Gasteiger partial charge is 0.489 e. The third-order valence-corrected chi connectivity index (χ3v) is 3.45. The van der Waals surface area contributed by atoms with Crippen molar-refractivity contribution in [2.45, 2.75) is 5.03 Å². The Kier molecular flexibility index (Phi) is 6.02. The van der Waals surface area contributed by atoms with Gasteiger partial charge in [0.25, 0.3) is 0 Å². The van der Waals surface area contributed by atoms with Crippen molar-refractivity contribution in [3.63, 3.8) is 0 Å². The summed E-state index contributed by atoms with van der Waals surface area (Å²) >= 11 is 1.36. The molecule has 0 radical (unpaired) electrons. The number of nitrogens with zero attached hydrogens (tertiary/aromatic N) is 1. The fraction of sp³-hybridized carbons (Fsp3) is 0.200. The standard InChI is InChI=1S/C15H15FN2O2S/c16-12-5-1-2-6-13(12)20-10-9-17-14(19)11-21-15-7-3-4-8-18-15/h1-8H,9-11H2,(H,17,19). The lowest BCUT2D eigenvalue weighted by atomic mass is 10.3. The van der Waals surface area contributed by atoms with Gasteiger partial charge in [-0.3, -0.25) is 4.79 Å². The van der Waals surface area contributed by atoms with Crippen LogP contribution < -0.4 is 10.1 Å². The summed E-state index contributed by atoms with van der Waals surface area (Å²) in [6.07, 6.45) is 1.68. The molecule has 0 spiro atoms. The SMILES string of the molecule is O=C(CSc1ccccn1)NCCOc1ccccc1F. The number of rotatable bonds is 7. The van der Waals surface area contributed by atoms with Gasteiger partial charge >= 0.3 is 0 Å². The fourth-order valence-corrected chi connectivity index (χ4v) is 2.23. The molecular formula is C15H15FN2O2S. The zero-order chi connectivity index (χ0) is 14.9. The van der Waals surface area contributed by atoms with E-state index in [4.69, 9.17) is 4.74 Å². The molecule has 6 heteroatoms. The minimum Gasteiger partial charge on any atom is -0.489 e. The molecule has 1 aromatic carbocycles. The van der Waals surface area contributed by atoms with Gasteiger partial charge in [-0.25, -0.2) is 9.37 Å². The highest BCUT2D eigenvalue weighted by molar-refractivity contribution is 7.99. The molecule has 0 atom stereocenters. The molecule has 1 N–H and O–H groups in total. The summed E-state index contributed by atoms with van der Waals surface area (Å²) in [6, 6.07) is 11.7. The van der Waals surface area contributed by atoms with E-state index in [-0.39, 0.29) is 24.0 Å². The molecule has 0 saturated heterocycles. The fourth-order valence-electron chi connectivity index (χ4n) is 1.54. The van der Waals surface area contributed by atoms with Crippen LogP contribution in [-0.2, 0) is 4.79 Å². The number of nitrogens with one attached hydrogen (secondary N) is 1. The van der Waals surface area contributed by atoms with Gasteiger partial charge < -0.3 is 10.1 Å². The minimum absolute atomic E-state index is 0.109. The lowest BCUT2D eigenvalue weighted by Crippen LogP contribution is -2.29. The quantitative estimate of drug-likeness (QED) is 0.631. The normalized spacial score (nSPS) is 10.1. The molecule has 0 bridgehead atoms. The van der Waals surface area contributed by atoms with Crippen molar-refractivity contribution >= 4 is 17.7 Å². The second-order valence-electron chi connectivity index (χ2n) is 4.09. The molecule has 0 aliphatic heterocycles. The number of benzene rings is 1. The molecule has 1 aromatic heterocycles. The monoisotopic (exact) mass is 306 g/mol. The molecule has 0 aliphatic rings. The molecular weight excluding hydrogens is 291 g/mol. The molecule has 0 unspecified atom stereocenters. The highest BCUT2D eigenvalue weighted by Gasteiger charge is 2.04. The van der Waals surface area contributed by atoms with Crippen LogP contribution >= 0.6 is 11.8 Å². The van der Waals surface area contributed by atoms with Crippen molar-refractivity contribution in [3.8, 4) is 5.75 Å². The molecule has 110 valence electrons. The number of hydrogen-bond donors (Lipinski definition) is 1. The van der Waals surface area contributed by atoms with Crippen LogP contribution in [0.25, 0.3) is 0 Å². The highest BCUT2D eigenvalue weighted by atomic mass is 32.2. The first kappa shape index (κ1) is 15.3. The molecule has 1 amide bonds. The molecule has 0 aliphatic carbocycles. The first-order valence-corrected chi connectivity index (χ1v) is 7.42. The van der Waals surface area contributed by atoms with E-state index >= 15 is 0 Å². The Labute approximate surface area is 126 Å². The smallest absolute Gasteiger partial charge is 0.230 e. The number of para-hydroxylation sites is 1. The van der Waals surface area contributed by atoms with Crippen molar-refractivity contribution in [1.82, 2.24) is 10.3 Å². The zero-order valence-corrected chi connectivity index (χ0v) is 12.1. The average molecular weight is 306 g/mol. The van der Waals surface area contributed by atoms with E-state index in [0.717, 1.165) is 5.03 Å². The van der Waals surface area contributed by atoms with Crippen molar-refractivity contribution in [2.75, 3.05) is 18.9 Å². The van der Waals surface area contributed by atoms with Gasteiger partial charge in [-0.05, 0) is 24.3 Å². The molecule has 2 rings (SSSR count). The molecule has 21 heavy (non-hydrogen) atoms. The van der Waals surface area contributed by atoms with Crippen LogP contribution in [0.1, 0.15) is 0 Å². The lowest BCUT2D eigenvalue weighted by molar-refractivity contribution is -0.118. The number of carbonyl (C=O) groups is 1. The van der Waals surface area contributed by atoms with E-state index < -0.39 is 5.82 Å². The van der Waals surface area contributed by atoms with Gasteiger partial charge in [0.15, 0.2) is 11.6 Å². The first-order valence-electron chi connectivity index (χ1n) is 6.43. The Hall–Kier alpha value is -2.08. The average Bonchev–Trinajstić information content (AvgIpc) is 2.52. The summed E-state index contributed by atoms with van der Waals surface area (Å²) in [5.74, 6) is -0.0385. The van der Waals surface area contributed by atoms with Crippen molar-refractivity contribution in [2.24, 2.45) is 0 Å². The number of ether oxygens (including phenoxy) is 1. The Bertz CT molecular complexity index is 581. The Morgan fingerprint density at radius 2 is 2.05 bits per heavy atom. The van der Waals surface area contributed by atoms with Crippen LogP contribution in [0.4, 0.5) is 4.39 Å². The number of hydrogen-bond acceptors (Lipinski definition) is 4. The third kappa shape index (κ3) is 5.43. The number of amides is 1. The number of aromatic nitrogens is 1. The van der Waals surface area contributed by atoms with Gasteiger partial charge in [0, 0.05) is 6.20 Å². The van der Waals surface area contributed by atoms with Crippen molar-refractivity contribution in [1.29, 1.82) is 0 Å². The molecule has 0 saturated carbocycles. The van der Waals surface area contributed by atoms with Crippen LogP contribution in [-0.4, -0.2) is 29.8 Å². The van der Waals surface area contributed by atoms with Crippen LogP contribution in [0.3, 0.4) is 0 Å². The molecule has 2 aromatic rings. The number of carbonyl (C=O) groups excluding carboxylic acids is 1. The predicted octanol–water partition coefficient (Wildman–Crippen LogP) is 2.51. The van der Waals surface area contributed by atoms with Crippen LogP contribution in [0.5, 0.6) is 5.75 Å². The van der Waals surface area contributed by atoms with Gasteiger partial charge in [0.05, 0.1) is 17.3 Å². The Morgan fingerprint density at radius 3 is 2.81 bits per heavy atom. The van der Waals surface area contributed by atoms with Gasteiger partial charge in [-0.2, -0.15) is 0 Å². The molecule has 1 heterocycles. The summed E-state index contributed by atoms with van der Waals surface area (Å²) in [5.41, 5.74) is 0. The Morgan fingerprint density at radius 1 is 1.24 bits per heavy atom. The van der Waals surface area contributed by atoms with Crippen molar-refractivity contribution < 1.29 is 13.9 Å². The first-order chi connectivity index (χ1) is 10.3. The zero-order valence-electron chi connectivity index (χ0n) is 11.3. The van der Waals surface area contributed by atoms with Gasteiger partial charge in [0.1, 0.15) is 6.61 Å². The predicted molar refractivity (Wildman–Crippen MR) is 79.9 cm³/mol.